The Labute approximate surface area is 125 Å². The molecule has 1 aliphatic rings. The molecule has 3 atom stereocenters. The number of ether oxygens (including phenoxy) is 1. The Morgan fingerprint density at radius 2 is 2.00 bits per heavy atom. The van der Waals surface area contributed by atoms with Crippen molar-refractivity contribution in [3.05, 3.63) is 5.28 Å². The van der Waals surface area contributed by atoms with E-state index in [9.17, 15) is 0 Å². The molecule has 112 valence electrons. The minimum Gasteiger partial charge on any atom is -0.463 e. The van der Waals surface area contributed by atoms with E-state index >= 15 is 0 Å². The number of anilines is 1. The minimum absolute atomic E-state index is 0.194. The summed E-state index contributed by atoms with van der Waals surface area (Å²) in [6.45, 7) is 10.3. The van der Waals surface area contributed by atoms with E-state index in [1.54, 1.807) is 0 Å². The molecule has 5 nitrogen and oxygen atoms in total. The van der Waals surface area contributed by atoms with Gasteiger partial charge in [-0.25, -0.2) is 0 Å². The molecule has 2 heterocycles. The van der Waals surface area contributed by atoms with E-state index in [0.29, 0.717) is 36.4 Å². The monoisotopic (exact) mass is 298 g/mol. The summed E-state index contributed by atoms with van der Waals surface area (Å²) < 4.78 is 5.48. The van der Waals surface area contributed by atoms with E-state index in [2.05, 4.69) is 40.6 Å². The van der Waals surface area contributed by atoms with Gasteiger partial charge in [0.05, 0.1) is 6.61 Å². The van der Waals surface area contributed by atoms with Crippen LogP contribution in [0.3, 0.4) is 0 Å². The largest absolute Gasteiger partial charge is 0.463 e. The third-order valence-corrected chi connectivity index (χ3v) is 4.03. The molecule has 1 aliphatic heterocycles. The average molecular weight is 299 g/mol. The van der Waals surface area contributed by atoms with Crippen LogP contribution in [0, 0.1) is 11.8 Å². The number of piperidine rings is 1. The van der Waals surface area contributed by atoms with Crippen LogP contribution in [0.5, 0.6) is 6.01 Å². The molecule has 0 aliphatic carbocycles. The fourth-order valence-electron chi connectivity index (χ4n) is 2.69. The van der Waals surface area contributed by atoms with Gasteiger partial charge in [0.1, 0.15) is 0 Å². The Balaban J connectivity index is 2.24. The molecule has 1 saturated heterocycles. The molecular weight excluding hydrogens is 276 g/mol. The van der Waals surface area contributed by atoms with Gasteiger partial charge in [-0.1, -0.05) is 20.8 Å². The Morgan fingerprint density at radius 3 is 2.70 bits per heavy atom. The van der Waals surface area contributed by atoms with Crippen molar-refractivity contribution in [2.75, 3.05) is 18.1 Å². The van der Waals surface area contributed by atoms with Crippen LogP contribution >= 0.6 is 11.6 Å². The zero-order valence-electron chi connectivity index (χ0n) is 12.6. The topological polar surface area (TPSA) is 51.1 Å². The van der Waals surface area contributed by atoms with Crippen molar-refractivity contribution in [1.82, 2.24) is 15.0 Å². The average Bonchev–Trinajstić information content (AvgIpc) is 2.40. The fraction of sp³-hybridized carbons (Fsp3) is 0.786. The van der Waals surface area contributed by atoms with Gasteiger partial charge in [-0.3, -0.25) is 0 Å². The van der Waals surface area contributed by atoms with E-state index in [1.165, 1.54) is 6.42 Å². The summed E-state index contributed by atoms with van der Waals surface area (Å²) in [6, 6.07) is 0.712. The molecule has 0 spiro atoms. The third kappa shape index (κ3) is 3.51. The van der Waals surface area contributed by atoms with Gasteiger partial charge in [-0.2, -0.15) is 15.0 Å². The van der Waals surface area contributed by atoms with Crippen LogP contribution in [-0.2, 0) is 0 Å². The molecular formula is C14H23ClN4O. The molecule has 6 heteroatoms. The van der Waals surface area contributed by atoms with Gasteiger partial charge in [0.2, 0.25) is 11.2 Å². The Bertz CT molecular complexity index is 457. The fourth-order valence-corrected chi connectivity index (χ4v) is 2.84. The van der Waals surface area contributed by atoms with Crippen molar-refractivity contribution in [2.24, 2.45) is 11.8 Å². The molecule has 0 N–H and O–H groups in total. The van der Waals surface area contributed by atoms with Crippen LogP contribution in [0.15, 0.2) is 0 Å². The van der Waals surface area contributed by atoms with Crippen molar-refractivity contribution >= 4 is 17.5 Å². The molecule has 0 saturated carbocycles. The summed E-state index contributed by atoms with van der Waals surface area (Å²) in [6.07, 6.45) is 2.14. The maximum absolute atomic E-state index is 6.00. The predicted octanol–water partition coefficient (Wildman–Crippen LogP) is 3.18. The Hall–Kier alpha value is -1.10. The zero-order valence-corrected chi connectivity index (χ0v) is 13.4. The molecule has 20 heavy (non-hydrogen) atoms. The van der Waals surface area contributed by atoms with E-state index in [-0.39, 0.29) is 5.28 Å². The third-order valence-electron chi connectivity index (χ3n) is 3.87. The van der Waals surface area contributed by atoms with Crippen molar-refractivity contribution < 1.29 is 4.74 Å². The first-order chi connectivity index (χ1) is 9.51. The number of aromatic nitrogens is 3. The molecule has 0 bridgehead atoms. The number of nitrogens with zero attached hydrogens (tertiary/aromatic N) is 4. The molecule has 1 fully saturated rings. The SMILES string of the molecule is CCCOc1nc(Cl)nc(N2CC(C)CC(C)C2C)n1. The summed E-state index contributed by atoms with van der Waals surface area (Å²) in [7, 11) is 0. The van der Waals surface area contributed by atoms with Gasteiger partial charge in [0.15, 0.2) is 0 Å². The van der Waals surface area contributed by atoms with E-state index in [4.69, 9.17) is 16.3 Å². The first kappa shape index (κ1) is 15.3. The van der Waals surface area contributed by atoms with E-state index < -0.39 is 0 Å². The second kappa shape index (κ2) is 6.57. The van der Waals surface area contributed by atoms with Crippen LogP contribution in [0.25, 0.3) is 0 Å². The van der Waals surface area contributed by atoms with Crippen LogP contribution in [0.4, 0.5) is 5.95 Å². The Kier molecular flexibility index (Phi) is 5.02. The molecule has 0 amide bonds. The summed E-state index contributed by atoms with van der Waals surface area (Å²) in [4.78, 5) is 14.9. The molecule has 2 rings (SSSR count). The summed E-state index contributed by atoms with van der Waals surface area (Å²) in [5.41, 5.74) is 0. The van der Waals surface area contributed by atoms with Crippen molar-refractivity contribution in [3.63, 3.8) is 0 Å². The number of rotatable bonds is 4. The Morgan fingerprint density at radius 1 is 1.25 bits per heavy atom. The normalized spacial score (nSPS) is 26.6. The van der Waals surface area contributed by atoms with Crippen LogP contribution in [0.1, 0.15) is 40.5 Å². The van der Waals surface area contributed by atoms with Crippen LogP contribution < -0.4 is 9.64 Å². The smallest absolute Gasteiger partial charge is 0.322 e. The van der Waals surface area contributed by atoms with Gasteiger partial charge >= 0.3 is 6.01 Å². The number of halogens is 1. The highest BCUT2D eigenvalue weighted by Crippen LogP contribution is 2.30. The quantitative estimate of drug-likeness (QED) is 0.854. The second-order valence-corrected chi connectivity index (χ2v) is 6.08. The highest BCUT2D eigenvalue weighted by Gasteiger charge is 2.31. The molecule has 0 radical (unpaired) electrons. The van der Waals surface area contributed by atoms with E-state index in [1.807, 2.05) is 6.92 Å². The van der Waals surface area contributed by atoms with Gasteiger partial charge in [0, 0.05) is 12.6 Å². The maximum Gasteiger partial charge on any atom is 0.322 e. The maximum atomic E-state index is 6.00. The summed E-state index contributed by atoms with van der Waals surface area (Å²) in [5.74, 6) is 1.85. The van der Waals surface area contributed by atoms with Gasteiger partial charge in [-0.05, 0) is 43.2 Å². The standard InChI is InChI=1S/C14H23ClN4O/c1-5-6-20-14-17-12(15)16-13(18-14)19-8-9(2)7-10(3)11(19)4/h9-11H,5-8H2,1-4H3. The van der Waals surface area contributed by atoms with Gasteiger partial charge in [0.25, 0.3) is 0 Å². The highest BCUT2D eigenvalue weighted by molar-refractivity contribution is 6.28. The first-order valence-electron chi connectivity index (χ1n) is 7.32. The van der Waals surface area contributed by atoms with Gasteiger partial charge in [-0.15, -0.1) is 0 Å². The summed E-state index contributed by atoms with van der Waals surface area (Å²) >= 11 is 6.00. The summed E-state index contributed by atoms with van der Waals surface area (Å²) in [5, 5.41) is 0.194. The molecule has 1 aromatic rings. The molecule has 1 aromatic heterocycles. The lowest BCUT2D eigenvalue weighted by Crippen LogP contribution is -2.46. The molecule has 3 unspecified atom stereocenters. The second-order valence-electron chi connectivity index (χ2n) is 5.75. The molecule has 0 aromatic carbocycles. The lowest BCUT2D eigenvalue weighted by molar-refractivity contribution is 0.281. The van der Waals surface area contributed by atoms with Crippen molar-refractivity contribution in [3.8, 4) is 6.01 Å². The van der Waals surface area contributed by atoms with Gasteiger partial charge < -0.3 is 9.64 Å². The zero-order chi connectivity index (χ0) is 14.7. The predicted molar refractivity (Wildman–Crippen MR) is 80.4 cm³/mol. The highest BCUT2D eigenvalue weighted by atomic mass is 35.5. The van der Waals surface area contributed by atoms with Crippen molar-refractivity contribution in [2.45, 2.75) is 46.6 Å². The lowest BCUT2D eigenvalue weighted by Gasteiger charge is -2.41. The number of hydrogen-bond acceptors (Lipinski definition) is 5. The van der Waals surface area contributed by atoms with E-state index in [0.717, 1.165) is 13.0 Å². The van der Waals surface area contributed by atoms with Crippen LogP contribution in [0.2, 0.25) is 5.28 Å². The number of hydrogen-bond donors (Lipinski definition) is 0. The van der Waals surface area contributed by atoms with Crippen LogP contribution in [-0.4, -0.2) is 34.1 Å². The van der Waals surface area contributed by atoms with Crippen molar-refractivity contribution in [1.29, 1.82) is 0 Å². The first-order valence-corrected chi connectivity index (χ1v) is 7.70. The lowest BCUT2D eigenvalue weighted by atomic mass is 9.86. The minimum atomic E-state index is 0.194.